The highest BCUT2D eigenvalue weighted by Crippen LogP contribution is 2.33. The van der Waals surface area contributed by atoms with Crippen LogP contribution in [0.3, 0.4) is 0 Å². The molecule has 0 saturated carbocycles. The van der Waals surface area contributed by atoms with Crippen LogP contribution < -0.4 is 4.74 Å². The summed E-state index contributed by atoms with van der Waals surface area (Å²) in [6, 6.07) is 4.03. The second kappa shape index (κ2) is 8.49. The summed E-state index contributed by atoms with van der Waals surface area (Å²) in [5.74, 6) is 1.07. The van der Waals surface area contributed by atoms with Gasteiger partial charge in [-0.25, -0.2) is 0 Å². The fourth-order valence-corrected chi connectivity index (χ4v) is 2.93. The van der Waals surface area contributed by atoms with Crippen molar-refractivity contribution in [3.05, 3.63) is 28.8 Å². The Morgan fingerprint density at radius 3 is 2.13 bits per heavy atom. The Hall–Kier alpha value is -1.35. The van der Waals surface area contributed by atoms with E-state index in [9.17, 15) is 4.79 Å². The minimum absolute atomic E-state index is 0.0550. The lowest BCUT2D eigenvalue weighted by Crippen LogP contribution is -2.32. The van der Waals surface area contributed by atoms with Crippen LogP contribution in [0.15, 0.2) is 12.1 Å². The number of ketones is 1. The molecular weight excluding hydrogens is 286 g/mol. The van der Waals surface area contributed by atoms with E-state index in [4.69, 9.17) is 4.74 Å². The molecule has 1 rings (SSSR count). The molecule has 0 fully saturated rings. The van der Waals surface area contributed by atoms with Gasteiger partial charge in [0.25, 0.3) is 0 Å². The topological polar surface area (TPSA) is 29.5 Å². The van der Waals surface area contributed by atoms with Crippen LogP contribution in [0.4, 0.5) is 0 Å². The van der Waals surface area contributed by atoms with E-state index in [2.05, 4.69) is 39.5 Å². The first kappa shape index (κ1) is 19.7. The molecule has 0 radical (unpaired) electrons. The minimum atomic E-state index is -0.0550. The summed E-state index contributed by atoms with van der Waals surface area (Å²) in [6.45, 7) is 15.2. The first-order valence-corrected chi connectivity index (χ1v) is 8.69. The summed E-state index contributed by atoms with van der Waals surface area (Å²) in [5.41, 5.74) is 2.85. The summed E-state index contributed by atoms with van der Waals surface area (Å²) >= 11 is 0. The summed E-state index contributed by atoms with van der Waals surface area (Å²) in [6.07, 6.45) is 2.14. The molecule has 3 heteroatoms. The molecule has 0 amide bonds. The van der Waals surface area contributed by atoms with Crippen LogP contribution in [0.1, 0.15) is 68.9 Å². The van der Waals surface area contributed by atoms with Gasteiger partial charge in [0.2, 0.25) is 0 Å². The van der Waals surface area contributed by atoms with Crippen molar-refractivity contribution in [2.24, 2.45) is 0 Å². The highest BCUT2D eigenvalue weighted by atomic mass is 16.5. The molecule has 0 unspecified atom stereocenters. The SMILES string of the molecule is CCCN(CCC)CC(=O)c1cc(C(C)(C)C)c(OC)cc1C. The van der Waals surface area contributed by atoms with Gasteiger partial charge in [-0.1, -0.05) is 34.6 Å². The van der Waals surface area contributed by atoms with E-state index < -0.39 is 0 Å². The first-order valence-electron chi connectivity index (χ1n) is 8.69. The van der Waals surface area contributed by atoms with Gasteiger partial charge in [0.15, 0.2) is 5.78 Å². The lowest BCUT2D eigenvalue weighted by Gasteiger charge is -2.25. The molecular formula is C20H33NO2. The molecule has 0 bridgehead atoms. The summed E-state index contributed by atoms with van der Waals surface area (Å²) in [7, 11) is 1.69. The van der Waals surface area contributed by atoms with Gasteiger partial charge in [-0.2, -0.15) is 0 Å². The third-order valence-corrected chi connectivity index (χ3v) is 4.10. The van der Waals surface area contributed by atoms with E-state index in [0.29, 0.717) is 6.54 Å². The Morgan fingerprint density at radius 1 is 1.13 bits per heavy atom. The quantitative estimate of drug-likeness (QED) is 0.656. The predicted molar refractivity (Wildman–Crippen MR) is 97.8 cm³/mol. The van der Waals surface area contributed by atoms with Gasteiger partial charge in [-0.05, 0) is 56.0 Å². The number of carbonyl (C=O) groups excluding carboxylic acids is 1. The Morgan fingerprint density at radius 2 is 1.70 bits per heavy atom. The van der Waals surface area contributed by atoms with E-state index in [0.717, 1.165) is 48.4 Å². The fraction of sp³-hybridized carbons (Fsp3) is 0.650. The summed E-state index contributed by atoms with van der Waals surface area (Å²) in [4.78, 5) is 15.1. The zero-order valence-electron chi connectivity index (χ0n) is 16.0. The molecule has 0 aliphatic rings. The molecule has 1 aromatic rings. The van der Waals surface area contributed by atoms with Crippen molar-refractivity contribution in [1.82, 2.24) is 4.90 Å². The first-order chi connectivity index (χ1) is 10.7. The van der Waals surface area contributed by atoms with E-state index in [-0.39, 0.29) is 11.2 Å². The van der Waals surface area contributed by atoms with Crippen molar-refractivity contribution in [2.45, 2.75) is 59.8 Å². The van der Waals surface area contributed by atoms with Crippen LogP contribution in [0.25, 0.3) is 0 Å². The average Bonchev–Trinajstić information content (AvgIpc) is 2.45. The number of hydrogen-bond donors (Lipinski definition) is 0. The van der Waals surface area contributed by atoms with Crippen molar-refractivity contribution < 1.29 is 9.53 Å². The summed E-state index contributed by atoms with van der Waals surface area (Å²) in [5, 5.41) is 0. The fourth-order valence-electron chi connectivity index (χ4n) is 2.93. The number of ether oxygens (including phenoxy) is 1. The molecule has 130 valence electrons. The zero-order valence-corrected chi connectivity index (χ0v) is 16.0. The molecule has 0 atom stereocenters. The lowest BCUT2D eigenvalue weighted by atomic mass is 9.83. The third kappa shape index (κ3) is 5.35. The molecule has 0 heterocycles. The Labute approximate surface area is 142 Å². The maximum Gasteiger partial charge on any atom is 0.177 e. The molecule has 0 aromatic heterocycles. The number of nitrogens with zero attached hydrogens (tertiary/aromatic N) is 1. The predicted octanol–water partition coefficient (Wildman–Crippen LogP) is 4.61. The van der Waals surface area contributed by atoms with Gasteiger partial charge in [-0.15, -0.1) is 0 Å². The smallest absolute Gasteiger partial charge is 0.177 e. The van der Waals surface area contributed by atoms with Crippen LogP contribution in [0.5, 0.6) is 5.75 Å². The molecule has 0 aliphatic heterocycles. The van der Waals surface area contributed by atoms with Gasteiger partial charge in [0, 0.05) is 11.1 Å². The Bertz CT molecular complexity index is 523. The van der Waals surface area contributed by atoms with Crippen molar-refractivity contribution >= 4 is 5.78 Å². The third-order valence-electron chi connectivity index (χ3n) is 4.10. The standard InChI is InChI=1S/C20H33NO2/c1-8-10-21(11-9-2)14-18(22)16-13-17(20(4,5)6)19(23-7)12-15(16)3/h12-13H,8-11,14H2,1-7H3. The van der Waals surface area contributed by atoms with E-state index in [1.807, 2.05) is 19.1 Å². The van der Waals surface area contributed by atoms with E-state index >= 15 is 0 Å². The van der Waals surface area contributed by atoms with Gasteiger partial charge in [-0.3, -0.25) is 9.69 Å². The van der Waals surface area contributed by atoms with Crippen LogP contribution >= 0.6 is 0 Å². The molecule has 0 spiro atoms. The molecule has 0 N–H and O–H groups in total. The van der Waals surface area contributed by atoms with Crippen LogP contribution in [0.2, 0.25) is 0 Å². The van der Waals surface area contributed by atoms with E-state index in [1.165, 1.54) is 0 Å². The minimum Gasteiger partial charge on any atom is -0.496 e. The second-order valence-corrected chi connectivity index (χ2v) is 7.32. The van der Waals surface area contributed by atoms with Crippen molar-refractivity contribution in [3.8, 4) is 5.75 Å². The molecule has 23 heavy (non-hydrogen) atoms. The number of benzene rings is 1. The second-order valence-electron chi connectivity index (χ2n) is 7.32. The normalized spacial score (nSPS) is 11.8. The number of hydrogen-bond acceptors (Lipinski definition) is 3. The number of Topliss-reactive ketones (excluding diaryl/α,β-unsaturated/α-hetero) is 1. The van der Waals surface area contributed by atoms with Crippen molar-refractivity contribution in [2.75, 3.05) is 26.7 Å². The summed E-state index contributed by atoms with van der Waals surface area (Å²) < 4.78 is 5.52. The number of aryl methyl sites for hydroxylation is 1. The van der Waals surface area contributed by atoms with Gasteiger partial charge >= 0.3 is 0 Å². The van der Waals surface area contributed by atoms with Crippen LogP contribution in [0, 0.1) is 6.92 Å². The molecule has 3 nitrogen and oxygen atoms in total. The van der Waals surface area contributed by atoms with Gasteiger partial charge < -0.3 is 4.74 Å². The number of rotatable bonds is 8. The number of carbonyl (C=O) groups is 1. The Balaban J connectivity index is 3.13. The monoisotopic (exact) mass is 319 g/mol. The van der Waals surface area contributed by atoms with Crippen molar-refractivity contribution in [3.63, 3.8) is 0 Å². The largest absolute Gasteiger partial charge is 0.496 e. The molecule has 1 aromatic carbocycles. The van der Waals surface area contributed by atoms with E-state index in [1.54, 1.807) is 7.11 Å². The average molecular weight is 319 g/mol. The maximum atomic E-state index is 12.8. The molecule has 0 saturated heterocycles. The number of methoxy groups -OCH3 is 1. The highest BCUT2D eigenvalue weighted by molar-refractivity contribution is 5.99. The van der Waals surface area contributed by atoms with Crippen LogP contribution in [-0.4, -0.2) is 37.4 Å². The lowest BCUT2D eigenvalue weighted by molar-refractivity contribution is 0.0930. The molecule has 0 aliphatic carbocycles. The van der Waals surface area contributed by atoms with Crippen molar-refractivity contribution in [1.29, 1.82) is 0 Å². The van der Waals surface area contributed by atoms with Crippen LogP contribution in [-0.2, 0) is 5.41 Å². The van der Waals surface area contributed by atoms with Gasteiger partial charge in [0.05, 0.1) is 13.7 Å². The van der Waals surface area contributed by atoms with Gasteiger partial charge in [0.1, 0.15) is 5.75 Å². The maximum absolute atomic E-state index is 12.8. The Kier molecular flexibility index (Phi) is 7.27. The zero-order chi connectivity index (χ0) is 17.6. The highest BCUT2D eigenvalue weighted by Gasteiger charge is 2.23.